The number of hydrogen-bond acceptors (Lipinski definition) is 0. The van der Waals surface area contributed by atoms with Crippen molar-refractivity contribution in [3.05, 3.63) is 22.1 Å². The summed E-state index contributed by atoms with van der Waals surface area (Å²) in [6.45, 7) is 4.69. The van der Waals surface area contributed by atoms with Gasteiger partial charge in [0.1, 0.15) is 0 Å². The molecule has 1 aliphatic rings. The standard InChI is InChI=1S/C5H5.2C2H5.ClH.Ti/c1-2-4-5-3-1;2*1-2;;/h1-3H,4H2;2*1H2,2H3;1H;. The van der Waals surface area contributed by atoms with Gasteiger partial charge in [-0.2, -0.15) is 0 Å². The Balaban J connectivity index is 0.000001000. The van der Waals surface area contributed by atoms with Gasteiger partial charge in [-0.25, -0.2) is 0 Å². The molecule has 0 heterocycles. The molecule has 0 N–H and O–H groups in total. The van der Waals surface area contributed by atoms with Crippen LogP contribution < -0.4 is 0 Å². The van der Waals surface area contributed by atoms with Crippen molar-refractivity contribution in [3.63, 3.8) is 0 Å². The molecular weight excluding hydrogens is 191 g/mol. The Morgan fingerprint density at radius 1 is 1.36 bits per heavy atom. The van der Waals surface area contributed by atoms with E-state index in [1.54, 1.807) is 3.88 Å². The summed E-state index contributed by atoms with van der Waals surface area (Å²) in [4.78, 5) is 0. The van der Waals surface area contributed by atoms with E-state index in [2.05, 4.69) is 32.1 Å². The molecule has 0 aromatic carbocycles. The predicted molar refractivity (Wildman–Crippen MR) is 50.1 cm³/mol. The van der Waals surface area contributed by atoms with Gasteiger partial charge >= 0.3 is 69.7 Å². The molecule has 1 aliphatic carbocycles. The Kier molecular flexibility index (Phi) is 6.32. The van der Waals surface area contributed by atoms with E-state index >= 15 is 0 Å². The number of halogens is 1. The molecule has 0 unspecified atom stereocenters. The molecule has 0 fully saturated rings. The third-order valence-electron chi connectivity index (χ3n) is 2.08. The second-order valence-electron chi connectivity index (χ2n) is 2.63. The third-order valence-corrected chi connectivity index (χ3v) is 6.74. The maximum atomic E-state index is 2.35. The van der Waals surface area contributed by atoms with Gasteiger partial charge in [-0.1, -0.05) is 0 Å². The van der Waals surface area contributed by atoms with Crippen LogP contribution in [0.2, 0.25) is 9.45 Å². The molecule has 0 bridgehead atoms. The van der Waals surface area contributed by atoms with Gasteiger partial charge in [0, 0.05) is 0 Å². The van der Waals surface area contributed by atoms with E-state index < -0.39 is 17.9 Å². The van der Waals surface area contributed by atoms with Crippen LogP contribution in [0.4, 0.5) is 0 Å². The summed E-state index contributed by atoms with van der Waals surface area (Å²) in [5.41, 5.74) is 0. The van der Waals surface area contributed by atoms with Crippen LogP contribution in [0.3, 0.4) is 0 Å². The van der Waals surface area contributed by atoms with Gasteiger partial charge in [0.05, 0.1) is 0 Å². The molecule has 0 spiro atoms. The summed E-state index contributed by atoms with van der Waals surface area (Å²) < 4.78 is 4.72. The molecule has 0 saturated heterocycles. The van der Waals surface area contributed by atoms with Crippen LogP contribution in [-0.2, 0) is 17.9 Å². The summed E-state index contributed by atoms with van der Waals surface area (Å²) in [5, 5.41) is 0. The van der Waals surface area contributed by atoms with E-state index in [1.807, 2.05) is 0 Å². The van der Waals surface area contributed by atoms with Gasteiger partial charge < -0.3 is 0 Å². The molecule has 0 amide bonds. The topological polar surface area (TPSA) is 0 Å². The molecule has 63 valence electrons. The summed E-state index contributed by atoms with van der Waals surface area (Å²) in [5.74, 6) is 0. The van der Waals surface area contributed by atoms with Gasteiger partial charge in [-0.05, 0) is 0 Å². The molecular formula is C9H16ClTi. The quantitative estimate of drug-likeness (QED) is 0.619. The largest absolute Gasteiger partial charge is 0.147 e. The van der Waals surface area contributed by atoms with Crippen LogP contribution in [0.5, 0.6) is 0 Å². The van der Waals surface area contributed by atoms with Crippen molar-refractivity contribution in [2.45, 2.75) is 29.7 Å². The second kappa shape index (κ2) is 6.05. The normalized spacial score (nSPS) is 14.2. The first-order valence-electron chi connectivity index (χ1n) is 4.09. The van der Waals surface area contributed by atoms with Crippen molar-refractivity contribution in [2.75, 3.05) is 0 Å². The molecule has 2 heteroatoms. The maximum Gasteiger partial charge on any atom is -0.147 e. The molecule has 11 heavy (non-hydrogen) atoms. The predicted octanol–water partition coefficient (Wildman–Crippen LogP) is 3.75. The fourth-order valence-electron chi connectivity index (χ4n) is 1.41. The van der Waals surface area contributed by atoms with Crippen molar-refractivity contribution in [1.29, 1.82) is 0 Å². The average Bonchev–Trinajstić information content (AvgIpc) is 2.43. The minimum atomic E-state index is -0.704. The number of hydrogen-bond donors (Lipinski definition) is 0. The Hall–Kier alpha value is 0.484. The third kappa shape index (κ3) is 3.15. The van der Waals surface area contributed by atoms with Crippen molar-refractivity contribution in [3.8, 4) is 0 Å². The number of allylic oxidation sites excluding steroid dienone is 4. The van der Waals surface area contributed by atoms with E-state index in [1.165, 1.54) is 15.9 Å². The zero-order valence-electron chi connectivity index (χ0n) is 7.26. The molecule has 0 nitrogen and oxygen atoms in total. The van der Waals surface area contributed by atoms with E-state index in [0.717, 1.165) is 0 Å². The second-order valence-corrected chi connectivity index (χ2v) is 7.73. The van der Waals surface area contributed by atoms with Gasteiger partial charge in [0.25, 0.3) is 0 Å². The Labute approximate surface area is 82.0 Å². The molecule has 0 aliphatic heterocycles. The van der Waals surface area contributed by atoms with Gasteiger partial charge in [0.2, 0.25) is 0 Å². The fourth-order valence-corrected chi connectivity index (χ4v) is 4.77. The van der Waals surface area contributed by atoms with E-state index in [-0.39, 0.29) is 12.4 Å². The minimum Gasteiger partial charge on any atom is -0.147 e. The Morgan fingerprint density at radius 3 is 2.36 bits per heavy atom. The average molecular weight is 208 g/mol. The van der Waals surface area contributed by atoms with Crippen LogP contribution in [0.15, 0.2) is 22.1 Å². The van der Waals surface area contributed by atoms with Crippen LogP contribution in [0.25, 0.3) is 0 Å². The van der Waals surface area contributed by atoms with Crippen molar-refractivity contribution < 1.29 is 17.9 Å². The smallest absolute Gasteiger partial charge is 0.147 e. The van der Waals surface area contributed by atoms with Crippen LogP contribution in [-0.4, -0.2) is 0 Å². The SMILES string of the molecule is C[CH2][Ti]([CH2]C)[C]1=CC=CC1.Cl. The Morgan fingerprint density at radius 2 is 2.00 bits per heavy atom. The van der Waals surface area contributed by atoms with E-state index in [4.69, 9.17) is 0 Å². The zero-order chi connectivity index (χ0) is 7.40. The van der Waals surface area contributed by atoms with Gasteiger partial charge in [0.15, 0.2) is 0 Å². The van der Waals surface area contributed by atoms with Crippen molar-refractivity contribution in [2.24, 2.45) is 0 Å². The molecule has 0 atom stereocenters. The first-order chi connectivity index (χ1) is 4.88. The van der Waals surface area contributed by atoms with E-state index in [0.29, 0.717) is 0 Å². The minimum absolute atomic E-state index is 0. The van der Waals surface area contributed by atoms with Crippen LogP contribution in [0.1, 0.15) is 20.3 Å². The first-order valence-corrected chi connectivity index (χ1v) is 7.08. The van der Waals surface area contributed by atoms with Crippen molar-refractivity contribution >= 4 is 12.4 Å². The first kappa shape index (κ1) is 11.5. The summed E-state index contributed by atoms with van der Waals surface area (Å²) in [6.07, 6.45) is 8.13. The van der Waals surface area contributed by atoms with Gasteiger partial charge in [-0.15, -0.1) is 12.4 Å². The number of rotatable bonds is 3. The van der Waals surface area contributed by atoms with Gasteiger partial charge in [-0.3, -0.25) is 0 Å². The monoisotopic (exact) mass is 207 g/mol. The molecule has 1 rings (SSSR count). The maximum absolute atomic E-state index is 2.35. The van der Waals surface area contributed by atoms with Crippen LogP contribution in [0, 0.1) is 0 Å². The summed E-state index contributed by atoms with van der Waals surface area (Å²) >= 11 is -0.704. The summed E-state index contributed by atoms with van der Waals surface area (Å²) in [6, 6.07) is 0. The Bertz CT molecular complexity index is 157. The molecule has 0 aromatic heterocycles. The fraction of sp³-hybridized carbons (Fsp3) is 0.556. The van der Waals surface area contributed by atoms with Crippen LogP contribution >= 0.6 is 12.4 Å². The summed E-state index contributed by atoms with van der Waals surface area (Å²) in [7, 11) is 0. The zero-order valence-corrected chi connectivity index (χ0v) is 9.64. The molecule has 0 saturated carbocycles. The molecule has 0 aromatic rings. The van der Waals surface area contributed by atoms with Crippen molar-refractivity contribution in [1.82, 2.24) is 0 Å². The molecule has 0 radical (unpaired) electrons. The van der Waals surface area contributed by atoms with E-state index in [9.17, 15) is 0 Å².